The van der Waals surface area contributed by atoms with Crippen molar-refractivity contribution in [2.45, 2.75) is 51.7 Å². The predicted molar refractivity (Wildman–Crippen MR) is 89.0 cm³/mol. The lowest BCUT2D eigenvalue weighted by Crippen LogP contribution is -2.19. The first-order chi connectivity index (χ1) is 10.8. The number of ether oxygens (including phenoxy) is 2. The standard InChI is InChI=1S/C17H23N2O2S/c1-3-4-5-6-7-12-17(20-2)21-15-11-9-8-10-14(15)16-13-18-19-22-16/h8-11,17H,3-7,12H2,1-2H3. The van der Waals surface area contributed by atoms with E-state index in [9.17, 15) is 0 Å². The Bertz CT molecular complexity index is 531. The minimum absolute atomic E-state index is 0.219. The molecule has 1 atom stereocenters. The molecule has 0 aliphatic rings. The number of methoxy groups -OCH3 is 1. The number of hydrogen-bond donors (Lipinski definition) is 0. The summed E-state index contributed by atoms with van der Waals surface area (Å²) in [6.07, 6.45) is 9.76. The fourth-order valence-electron chi connectivity index (χ4n) is 2.29. The first-order valence-corrected chi connectivity index (χ1v) is 8.61. The summed E-state index contributed by atoms with van der Waals surface area (Å²) in [7, 11) is 1.69. The van der Waals surface area contributed by atoms with Crippen molar-refractivity contribution in [2.75, 3.05) is 7.11 Å². The van der Waals surface area contributed by atoms with Crippen molar-refractivity contribution in [3.63, 3.8) is 0 Å². The average molecular weight is 319 g/mol. The summed E-state index contributed by atoms with van der Waals surface area (Å²) in [4.78, 5) is 0.883. The molecule has 0 aliphatic carbocycles. The lowest BCUT2D eigenvalue weighted by atomic mass is 10.1. The molecule has 4 nitrogen and oxygen atoms in total. The minimum atomic E-state index is -0.219. The van der Waals surface area contributed by atoms with Gasteiger partial charge >= 0.3 is 0 Å². The number of hydrogen-bond acceptors (Lipinski definition) is 5. The van der Waals surface area contributed by atoms with Gasteiger partial charge in [-0.05, 0) is 30.1 Å². The van der Waals surface area contributed by atoms with Crippen LogP contribution in [0, 0.1) is 6.20 Å². The summed E-state index contributed by atoms with van der Waals surface area (Å²) in [5, 5.41) is 3.77. The number of unbranched alkanes of at least 4 members (excludes halogenated alkanes) is 4. The normalized spacial score (nSPS) is 12.3. The third kappa shape index (κ3) is 5.07. The molecule has 2 rings (SSSR count). The summed E-state index contributed by atoms with van der Waals surface area (Å²) in [6.45, 7) is 2.23. The molecule has 2 aromatic rings. The molecule has 1 heterocycles. The van der Waals surface area contributed by atoms with E-state index in [1.54, 1.807) is 7.11 Å². The van der Waals surface area contributed by atoms with Gasteiger partial charge < -0.3 is 9.47 Å². The van der Waals surface area contributed by atoms with Crippen molar-refractivity contribution in [3.05, 3.63) is 30.5 Å². The second-order valence-electron chi connectivity index (χ2n) is 5.20. The molecule has 0 saturated heterocycles. The molecule has 0 saturated carbocycles. The van der Waals surface area contributed by atoms with Crippen LogP contribution in [-0.4, -0.2) is 23.0 Å². The monoisotopic (exact) mass is 319 g/mol. The Kier molecular flexibility index (Phi) is 7.33. The minimum Gasteiger partial charge on any atom is -0.464 e. The van der Waals surface area contributed by atoms with E-state index in [2.05, 4.69) is 22.7 Å². The maximum absolute atomic E-state index is 6.03. The van der Waals surface area contributed by atoms with Gasteiger partial charge in [0.25, 0.3) is 0 Å². The van der Waals surface area contributed by atoms with Gasteiger partial charge in [-0.3, -0.25) is 0 Å². The van der Waals surface area contributed by atoms with Gasteiger partial charge in [0.15, 0.2) is 6.29 Å². The van der Waals surface area contributed by atoms with Gasteiger partial charge in [0.1, 0.15) is 11.9 Å². The van der Waals surface area contributed by atoms with Crippen molar-refractivity contribution in [1.82, 2.24) is 9.59 Å². The van der Waals surface area contributed by atoms with E-state index >= 15 is 0 Å². The number of rotatable bonds is 10. The van der Waals surface area contributed by atoms with Crippen LogP contribution in [0.4, 0.5) is 0 Å². The van der Waals surface area contributed by atoms with E-state index in [-0.39, 0.29) is 6.29 Å². The molecule has 0 N–H and O–H groups in total. The molecular weight excluding hydrogens is 296 g/mol. The Balaban J connectivity index is 1.93. The average Bonchev–Trinajstić information content (AvgIpc) is 3.08. The Morgan fingerprint density at radius 2 is 2.00 bits per heavy atom. The molecule has 0 fully saturated rings. The molecule has 1 unspecified atom stereocenters. The highest BCUT2D eigenvalue weighted by molar-refractivity contribution is 7.09. The molecule has 0 spiro atoms. The van der Waals surface area contributed by atoms with E-state index in [1.807, 2.05) is 24.3 Å². The predicted octanol–water partition coefficient (Wildman–Crippen LogP) is 4.72. The first-order valence-electron chi connectivity index (χ1n) is 7.84. The van der Waals surface area contributed by atoms with E-state index in [0.717, 1.165) is 29.0 Å². The maximum Gasteiger partial charge on any atom is 0.199 e. The zero-order valence-corrected chi connectivity index (χ0v) is 14.1. The smallest absolute Gasteiger partial charge is 0.199 e. The molecule has 1 aromatic heterocycles. The summed E-state index contributed by atoms with van der Waals surface area (Å²) in [6, 6.07) is 7.88. The highest BCUT2D eigenvalue weighted by atomic mass is 32.1. The lowest BCUT2D eigenvalue weighted by Gasteiger charge is -2.19. The molecule has 0 amide bonds. The summed E-state index contributed by atoms with van der Waals surface area (Å²) < 4.78 is 15.4. The molecule has 1 radical (unpaired) electrons. The number of para-hydroxylation sites is 1. The summed E-state index contributed by atoms with van der Waals surface area (Å²) >= 11 is 1.31. The second-order valence-corrected chi connectivity index (χ2v) is 5.95. The van der Waals surface area contributed by atoms with Crippen LogP contribution < -0.4 is 4.74 Å². The van der Waals surface area contributed by atoms with Gasteiger partial charge in [-0.25, -0.2) is 0 Å². The van der Waals surface area contributed by atoms with Crippen LogP contribution >= 0.6 is 11.5 Å². The highest BCUT2D eigenvalue weighted by Gasteiger charge is 2.14. The van der Waals surface area contributed by atoms with Crippen LogP contribution in [0.3, 0.4) is 0 Å². The SMILES string of the molecule is CCCCCCCC(OC)Oc1ccccc1-c1[c]nns1. The zero-order chi connectivity index (χ0) is 15.6. The van der Waals surface area contributed by atoms with E-state index in [1.165, 1.54) is 37.2 Å². The Morgan fingerprint density at radius 1 is 1.18 bits per heavy atom. The number of aromatic nitrogens is 2. The van der Waals surface area contributed by atoms with Crippen molar-refractivity contribution >= 4 is 11.5 Å². The molecule has 22 heavy (non-hydrogen) atoms. The van der Waals surface area contributed by atoms with Crippen LogP contribution in [0.5, 0.6) is 5.75 Å². The van der Waals surface area contributed by atoms with Crippen LogP contribution in [0.15, 0.2) is 24.3 Å². The van der Waals surface area contributed by atoms with Gasteiger partial charge in [0, 0.05) is 19.1 Å². The fraction of sp³-hybridized carbons (Fsp3) is 0.529. The van der Waals surface area contributed by atoms with Gasteiger partial charge in [-0.1, -0.05) is 49.2 Å². The fourth-order valence-corrected chi connectivity index (χ4v) is 2.81. The molecule has 0 aliphatic heterocycles. The molecule has 1 aromatic carbocycles. The summed E-state index contributed by atoms with van der Waals surface area (Å²) in [5.74, 6) is 0.796. The second kappa shape index (κ2) is 9.54. The highest BCUT2D eigenvalue weighted by Crippen LogP contribution is 2.32. The van der Waals surface area contributed by atoms with Gasteiger partial charge in [-0.15, -0.1) is 5.10 Å². The van der Waals surface area contributed by atoms with Gasteiger partial charge in [-0.2, -0.15) is 0 Å². The van der Waals surface area contributed by atoms with Crippen molar-refractivity contribution in [1.29, 1.82) is 0 Å². The van der Waals surface area contributed by atoms with E-state index < -0.39 is 0 Å². The van der Waals surface area contributed by atoms with Crippen LogP contribution in [0.25, 0.3) is 10.4 Å². The Labute approximate surface area is 136 Å². The first kappa shape index (κ1) is 16.9. The topological polar surface area (TPSA) is 44.2 Å². The molecule has 0 bridgehead atoms. The molecule has 119 valence electrons. The molecular formula is C17H23N2O2S. The lowest BCUT2D eigenvalue weighted by molar-refractivity contribution is -0.0591. The van der Waals surface area contributed by atoms with Gasteiger partial charge in [0.2, 0.25) is 0 Å². The third-order valence-electron chi connectivity index (χ3n) is 3.52. The Hall–Kier alpha value is -1.46. The Morgan fingerprint density at radius 3 is 2.73 bits per heavy atom. The van der Waals surface area contributed by atoms with Crippen molar-refractivity contribution in [2.24, 2.45) is 0 Å². The van der Waals surface area contributed by atoms with Crippen LogP contribution in [0.1, 0.15) is 45.4 Å². The van der Waals surface area contributed by atoms with E-state index in [0.29, 0.717) is 0 Å². The third-order valence-corrected chi connectivity index (χ3v) is 4.18. The maximum atomic E-state index is 6.03. The quantitative estimate of drug-likeness (QED) is 0.469. The van der Waals surface area contributed by atoms with Crippen LogP contribution in [0.2, 0.25) is 0 Å². The molecule has 5 heteroatoms. The van der Waals surface area contributed by atoms with Crippen molar-refractivity contribution < 1.29 is 9.47 Å². The zero-order valence-electron chi connectivity index (χ0n) is 13.2. The van der Waals surface area contributed by atoms with Gasteiger partial charge in [0.05, 0.1) is 4.88 Å². The van der Waals surface area contributed by atoms with Crippen LogP contribution in [-0.2, 0) is 4.74 Å². The van der Waals surface area contributed by atoms with Crippen molar-refractivity contribution in [3.8, 4) is 16.2 Å². The largest absolute Gasteiger partial charge is 0.464 e. The number of nitrogens with zero attached hydrogens (tertiary/aromatic N) is 2. The number of benzene rings is 1. The van der Waals surface area contributed by atoms with E-state index in [4.69, 9.17) is 9.47 Å². The summed E-state index contributed by atoms with van der Waals surface area (Å²) in [5.41, 5.74) is 0.963.